The highest BCUT2D eigenvalue weighted by molar-refractivity contribution is 7.80. The second kappa shape index (κ2) is 7.46. The molecule has 1 aromatic carbocycles. The smallest absolute Gasteiger partial charge is 0.240 e. The molecule has 22 heavy (non-hydrogen) atoms. The minimum atomic E-state index is 0.392. The van der Waals surface area contributed by atoms with Crippen LogP contribution in [0, 0.1) is 0 Å². The van der Waals surface area contributed by atoms with Crippen LogP contribution in [0.25, 0.3) is 0 Å². The maximum atomic E-state index is 5.30. The molecule has 1 heterocycles. The number of nitrogens with one attached hydrogen (secondary N) is 2. The number of rotatable bonds is 5. The van der Waals surface area contributed by atoms with Gasteiger partial charge in [-0.05, 0) is 30.4 Å². The topological polar surface area (TPSA) is 64.6 Å². The minimum absolute atomic E-state index is 0.392. The first-order valence-corrected chi connectivity index (χ1v) is 6.88. The molecule has 0 saturated heterocycles. The van der Waals surface area contributed by atoms with Gasteiger partial charge in [0, 0.05) is 6.07 Å². The molecule has 0 spiro atoms. The van der Waals surface area contributed by atoms with Crippen LogP contribution in [0.2, 0.25) is 0 Å². The molecule has 0 fully saturated rings. The van der Waals surface area contributed by atoms with Gasteiger partial charge in [0.1, 0.15) is 11.4 Å². The third kappa shape index (κ3) is 3.76. The molecule has 7 heteroatoms. The lowest BCUT2D eigenvalue weighted by atomic mass is 10.3. The highest BCUT2D eigenvalue weighted by Gasteiger charge is 2.09. The van der Waals surface area contributed by atoms with E-state index in [0.717, 1.165) is 5.69 Å². The third-order valence-electron chi connectivity index (χ3n) is 2.84. The lowest BCUT2D eigenvalue weighted by Gasteiger charge is -2.15. The highest BCUT2D eigenvalue weighted by atomic mass is 32.1. The molecule has 0 saturated carbocycles. The quantitative estimate of drug-likeness (QED) is 0.821. The van der Waals surface area contributed by atoms with Gasteiger partial charge in [-0.1, -0.05) is 12.1 Å². The zero-order valence-electron chi connectivity index (χ0n) is 12.5. The van der Waals surface area contributed by atoms with Crippen LogP contribution in [-0.2, 0) is 0 Å². The number of para-hydroxylation sites is 2. The number of anilines is 2. The zero-order valence-corrected chi connectivity index (χ0v) is 13.4. The second-order valence-electron chi connectivity index (χ2n) is 4.19. The predicted molar refractivity (Wildman–Crippen MR) is 90.2 cm³/mol. The van der Waals surface area contributed by atoms with E-state index in [4.69, 9.17) is 26.4 Å². The Morgan fingerprint density at radius 2 is 1.64 bits per heavy atom. The van der Waals surface area contributed by atoms with Crippen molar-refractivity contribution in [1.29, 1.82) is 0 Å². The van der Waals surface area contributed by atoms with E-state index in [1.54, 1.807) is 26.4 Å². The molecule has 1 aromatic heterocycles. The lowest BCUT2D eigenvalue weighted by Crippen LogP contribution is -2.20. The number of pyridine rings is 1. The lowest BCUT2D eigenvalue weighted by molar-refractivity contribution is 0.366. The van der Waals surface area contributed by atoms with Gasteiger partial charge in [0.05, 0.1) is 27.0 Å². The number of benzene rings is 1. The molecule has 0 amide bonds. The third-order valence-corrected chi connectivity index (χ3v) is 3.04. The van der Waals surface area contributed by atoms with Crippen molar-refractivity contribution < 1.29 is 14.2 Å². The molecule has 2 N–H and O–H groups in total. The summed E-state index contributed by atoms with van der Waals surface area (Å²) >= 11 is 5.30. The molecular formula is C15H17N3O3S. The van der Waals surface area contributed by atoms with Crippen molar-refractivity contribution in [2.24, 2.45) is 0 Å². The van der Waals surface area contributed by atoms with Gasteiger partial charge in [-0.25, -0.2) is 0 Å². The van der Waals surface area contributed by atoms with Gasteiger partial charge in [0.2, 0.25) is 11.8 Å². The normalized spacial score (nSPS) is 9.77. The van der Waals surface area contributed by atoms with E-state index >= 15 is 0 Å². The number of nitrogens with zero attached hydrogens (tertiary/aromatic N) is 1. The Morgan fingerprint density at radius 1 is 0.909 bits per heavy atom. The van der Waals surface area contributed by atoms with E-state index in [1.807, 2.05) is 24.3 Å². The van der Waals surface area contributed by atoms with Crippen molar-refractivity contribution in [3.63, 3.8) is 0 Å². The van der Waals surface area contributed by atoms with E-state index in [1.165, 1.54) is 7.11 Å². The summed E-state index contributed by atoms with van der Waals surface area (Å²) < 4.78 is 15.5. The van der Waals surface area contributed by atoms with Gasteiger partial charge < -0.3 is 24.8 Å². The zero-order chi connectivity index (χ0) is 15.9. The fourth-order valence-corrected chi connectivity index (χ4v) is 2.03. The van der Waals surface area contributed by atoms with Gasteiger partial charge in [-0.3, -0.25) is 0 Å². The van der Waals surface area contributed by atoms with Crippen molar-refractivity contribution in [2.75, 3.05) is 32.0 Å². The second-order valence-corrected chi connectivity index (χ2v) is 4.60. The standard InChI is InChI=1S/C15H17N3O3S/c1-19-12-7-5-4-6-10(12)16-15(22)17-11-8-9-13(20-2)18-14(11)21-3/h4-9H,1-3H3,(H2,16,17,22). The molecule has 2 rings (SSSR count). The van der Waals surface area contributed by atoms with E-state index in [-0.39, 0.29) is 0 Å². The summed E-state index contributed by atoms with van der Waals surface area (Å²) in [7, 11) is 4.68. The average molecular weight is 319 g/mol. The molecule has 116 valence electrons. The maximum absolute atomic E-state index is 5.30. The molecular weight excluding hydrogens is 302 g/mol. The van der Waals surface area contributed by atoms with Crippen LogP contribution in [0.4, 0.5) is 11.4 Å². The summed E-state index contributed by atoms with van der Waals surface area (Å²) in [6, 6.07) is 11.0. The first kappa shape index (κ1) is 15.8. The molecule has 2 aromatic rings. The monoisotopic (exact) mass is 319 g/mol. The van der Waals surface area contributed by atoms with Crippen LogP contribution in [0.5, 0.6) is 17.5 Å². The number of hydrogen-bond acceptors (Lipinski definition) is 5. The fourth-order valence-electron chi connectivity index (χ4n) is 1.81. The summed E-state index contributed by atoms with van der Waals surface area (Å²) in [6.45, 7) is 0. The highest BCUT2D eigenvalue weighted by Crippen LogP contribution is 2.26. The Kier molecular flexibility index (Phi) is 5.37. The largest absolute Gasteiger partial charge is 0.495 e. The van der Waals surface area contributed by atoms with Crippen LogP contribution in [-0.4, -0.2) is 31.4 Å². The molecule has 0 atom stereocenters. The first-order chi connectivity index (χ1) is 10.7. The molecule has 0 unspecified atom stereocenters. The molecule has 6 nitrogen and oxygen atoms in total. The molecule has 0 radical (unpaired) electrons. The number of thiocarbonyl (C=S) groups is 1. The van der Waals surface area contributed by atoms with Gasteiger partial charge in [0.25, 0.3) is 0 Å². The average Bonchev–Trinajstić information content (AvgIpc) is 2.55. The Labute approximate surface area is 134 Å². The maximum Gasteiger partial charge on any atom is 0.240 e. The van der Waals surface area contributed by atoms with Crippen molar-refractivity contribution in [2.45, 2.75) is 0 Å². The first-order valence-electron chi connectivity index (χ1n) is 6.48. The number of methoxy groups -OCH3 is 3. The van der Waals surface area contributed by atoms with Crippen molar-refractivity contribution >= 4 is 28.7 Å². The van der Waals surface area contributed by atoms with Crippen molar-refractivity contribution in [3.8, 4) is 17.5 Å². The SMILES string of the molecule is COc1ccc(NC(=S)Nc2ccccc2OC)c(OC)n1. The van der Waals surface area contributed by atoms with Gasteiger partial charge in [-0.15, -0.1) is 0 Å². The summed E-state index contributed by atoms with van der Waals surface area (Å²) in [6.07, 6.45) is 0. The fraction of sp³-hybridized carbons (Fsp3) is 0.200. The molecule has 0 aliphatic heterocycles. The number of ether oxygens (including phenoxy) is 3. The number of aromatic nitrogens is 1. The van der Waals surface area contributed by atoms with Gasteiger partial charge in [0.15, 0.2) is 5.11 Å². The molecule has 0 bridgehead atoms. The van der Waals surface area contributed by atoms with Crippen LogP contribution >= 0.6 is 12.2 Å². The van der Waals surface area contributed by atoms with Crippen LogP contribution in [0.3, 0.4) is 0 Å². The Hall–Kier alpha value is -2.54. The van der Waals surface area contributed by atoms with Crippen LogP contribution < -0.4 is 24.8 Å². The van der Waals surface area contributed by atoms with E-state index < -0.39 is 0 Å². The predicted octanol–water partition coefficient (Wildman–Crippen LogP) is 2.92. The van der Waals surface area contributed by atoms with Gasteiger partial charge >= 0.3 is 0 Å². The van der Waals surface area contributed by atoms with Crippen molar-refractivity contribution in [1.82, 2.24) is 4.98 Å². The van der Waals surface area contributed by atoms with Gasteiger partial charge in [-0.2, -0.15) is 4.98 Å². The minimum Gasteiger partial charge on any atom is -0.495 e. The van der Waals surface area contributed by atoms with Crippen LogP contribution in [0.1, 0.15) is 0 Å². The summed E-state index contributed by atoms with van der Waals surface area (Å²) in [5, 5.41) is 6.50. The molecule has 0 aliphatic rings. The summed E-state index contributed by atoms with van der Waals surface area (Å²) in [4.78, 5) is 4.18. The van der Waals surface area contributed by atoms with Crippen LogP contribution in [0.15, 0.2) is 36.4 Å². The summed E-state index contributed by atoms with van der Waals surface area (Å²) in [5.74, 6) is 1.56. The van der Waals surface area contributed by atoms with E-state index in [9.17, 15) is 0 Å². The Morgan fingerprint density at radius 3 is 2.32 bits per heavy atom. The molecule has 0 aliphatic carbocycles. The Balaban J connectivity index is 2.12. The van der Waals surface area contributed by atoms with E-state index in [2.05, 4.69) is 15.6 Å². The summed E-state index contributed by atoms with van der Waals surface area (Å²) in [5.41, 5.74) is 1.40. The van der Waals surface area contributed by atoms with E-state index in [0.29, 0.717) is 28.3 Å². The number of hydrogen-bond donors (Lipinski definition) is 2. The Bertz CT molecular complexity index is 664. The van der Waals surface area contributed by atoms with Crippen molar-refractivity contribution in [3.05, 3.63) is 36.4 Å².